The average Bonchev–Trinajstić information content (AvgIpc) is 2.82. The largest absolute Gasteiger partial charge is 0.329 e. The molecule has 2 unspecified atom stereocenters. The Labute approximate surface area is 106 Å². The fraction of sp³-hybridized carbons (Fsp3) is 0.636. The minimum Gasteiger partial charge on any atom is -0.329 e. The van der Waals surface area contributed by atoms with E-state index in [2.05, 4.69) is 0 Å². The fourth-order valence-electron chi connectivity index (χ4n) is 2.43. The molecule has 0 aromatic carbocycles. The molecule has 0 saturated carbocycles. The van der Waals surface area contributed by atoms with Gasteiger partial charge in [0.2, 0.25) is 0 Å². The van der Waals surface area contributed by atoms with Crippen molar-refractivity contribution < 1.29 is 8.42 Å². The summed E-state index contributed by atoms with van der Waals surface area (Å²) in [6, 6.07) is 3.42. The standard InChI is InChI=1S/C11H18N2O2S2/c1-9-4-2-5-10(8-12)13(9)17(14,15)11-6-3-7-16-11/h3,6-7,9-10H,2,4-5,8,12H2,1H3. The molecule has 1 aromatic rings. The zero-order valence-corrected chi connectivity index (χ0v) is 11.5. The lowest BCUT2D eigenvalue weighted by atomic mass is 10.00. The molecule has 2 N–H and O–H groups in total. The van der Waals surface area contributed by atoms with Gasteiger partial charge in [0, 0.05) is 18.6 Å². The molecule has 0 spiro atoms. The first-order valence-corrected chi connectivity index (χ1v) is 8.16. The van der Waals surface area contributed by atoms with Crippen molar-refractivity contribution >= 4 is 21.4 Å². The Bertz CT molecular complexity index is 456. The van der Waals surface area contributed by atoms with E-state index in [9.17, 15) is 8.42 Å². The summed E-state index contributed by atoms with van der Waals surface area (Å²) in [6.45, 7) is 2.36. The van der Waals surface area contributed by atoms with Gasteiger partial charge in [-0.15, -0.1) is 11.3 Å². The number of thiophene rings is 1. The average molecular weight is 274 g/mol. The second kappa shape index (κ2) is 5.06. The number of nitrogens with zero attached hydrogens (tertiary/aromatic N) is 1. The molecule has 2 rings (SSSR count). The van der Waals surface area contributed by atoms with E-state index in [4.69, 9.17) is 5.73 Å². The van der Waals surface area contributed by atoms with Crippen molar-refractivity contribution in [1.82, 2.24) is 4.31 Å². The van der Waals surface area contributed by atoms with E-state index in [-0.39, 0.29) is 12.1 Å². The molecular weight excluding hydrogens is 256 g/mol. The maximum absolute atomic E-state index is 12.5. The summed E-state index contributed by atoms with van der Waals surface area (Å²) in [5.74, 6) is 0. The van der Waals surface area contributed by atoms with Crippen LogP contribution in [0.25, 0.3) is 0 Å². The zero-order valence-electron chi connectivity index (χ0n) is 9.87. The van der Waals surface area contributed by atoms with Crippen molar-refractivity contribution in [2.75, 3.05) is 6.54 Å². The Balaban J connectivity index is 2.36. The molecule has 6 heteroatoms. The molecule has 96 valence electrons. The molecular formula is C11H18N2O2S2. The highest BCUT2D eigenvalue weighted by atomic mass is 32.2. The Morgan fingerprint density at radius 2 is 2.29 bits per heavy atom. The van der Waals surface area contributed by atoms with Gasteiger partial charge < -0.3 is 5.73 Å². The third-order valence-corrected chi connectivity index (χ3v) is 6.69. The van der Waals surface area contributed by atoms with Crippen LogP contribution in [0, 0.1) is 0 Å². The Morgan fingerprint density at radius 3 is 2.88 bits per heavy atom. The van der Waals surface area contributed by atoms with Crippen molar-refractivity contribution in [2.45, 2.75) is 42.5 Å². The summed E-state index contributed by atoms with van der Waals surface area (Å²) in [5.41, 5.74) is 5.70. The van der Waals surface area contributed by atoms with E-state index in [1.807, 2.05) is 6.92 Å². The van der Waals surface area contributed by atoms with Gasteiger partial charge in [0.25, 0.3) is 10.0 Å². The molecule has 1 aliphatic rings. The number of hydrogen-bond donors (Lipinski definition) is 1. The van der Waals surface area contributed by atoms with Gasteiger partial charge in [0.05, 0.1) is 0 Å². The molecule has 17 heavy (non-hydrogen) atoms. The molecule has 4 nitrogen and oxygen atoms in total. The number of nitrogens with two attached hydrogens (primary N) is 1. The van der Waals surface area contributed by atoms with Crippen LogP contribution in [0.4, 0.5) is 0 Å². The van der Waals surface area contributed by atoms with Crippen LogP contribution in [-0.2, 0) is 10.0 Å². The lowest BCUT2D eigenvalue weighted by Crippen LogP contribution is -2.51. The lowest BCUT2D eigenvalue weighted by molar-refractivity contribution is 0.196. The normalized spacial score (nSPS) is 27.2. The van der Waals surface area contributed by atoms with Gasteiger partial charge in [-0.1, -0.05) is 12.5 Å². The molecule has 0 bridgehead atoms. The summed E-state index contributed by atoms with van der Waals surface area (Å²) in [5, 5.41) is 1.79. The molecule has 1 aliphatic heterocycles. The van der Waals surface area contributed by atoms with Crippen LogP contribution in [-0.4, -0.2) is 31.4 Å². The highest BCUT2D eigenvalue weighted by molar-refractivity contribution is 7.91. The third kappa shape index (κ3) is 2.40. The van der Waals surface area contributed by atoms with Gasteiger partial charge in [-0.3, -0.25) is 0 Å². The smallest absolute Gasteiger partial charge is 0.253 e. The van der Waals surface area contributed by atoms with E-state index < -0.39 is 10.0 Å². The van der Waals surface area contributed by atoms with Gasteiger partial charge in [-0.2, -0.15) is 4.31 Å². The lowest BCUT2D eigenvalue weighted by Gasteiger charge is -2.38. The molecule has 2 heterocycles. The maximum Gasteiger partial charge on any atom is 0.253 e. The van der Waals surface area contributed by atoms with Gasteiger partial charge in [-0.05, 0) is 31.2 Å². The molecule has 1 saturated heterocycles. The third-order valence-electron chi connectivity index (χ3n) is 3.25. The molecule has 2 atom stereocenters. The van der Waals surface area contributed by atoms with Crippen molar-refractivity contribution in [3.05, 3.63) is 17.5 Å². The van der Waals surface area contributed by atoms with Crippen molar-refractivity contribution in [3.8, 4) is 0 Å². The van der Waals surface area contributed by atoms with Gasteiger partial charge in [0.15, 0.2) is 0 Å². The van der Waals surface area contributed by atoms with Crippen LogP contribution >= 0.6 is 11.3 Å². The van der Waals surface area contributed by atoms with E-state index in [0.717, 1.165) is 19.3 Å². The van der Waals surface area contributed by atoms with Crippen LogP contribution in [0.1, 0.15) is 26.2 Å². The first-order valence-electron chi connectivity index (χ1n) is 5.84. The molecule has 1 aromatic heterocycles. The number of rotatable bonds is 3. The Hall–Kier alpha value is -0.430. The summed E-state index contributed by atoms with van der Waals surface area (Å²) < 4.78 is 27.1. The predicted molar refractivity (Wildman–Crippen MR) is 69.5 cm³/mol. The first kappa shape index (κ1) is 13.0. The van der Waals surface area contributed by atoms with Crippen LogP contribution in [0.3, 0.4) is 0 Å². The topological polar surface area (TPSA) is 63.4 Å². The summed E-state index contributed by atoms with van der Waals surface area (Å²) in [7, 11) is -3.36. The second-order valence-electron chi connectivity index (χ2n) is 4.44. The summed E-state index contributed by atoms with van der Waals surface area (Å²) in [6.07, 6.45) is 2.84. The minimum atomic E-state index is -3.36. The molecule has 1 fully saturated rings. The van der Waals surface area contributed by atoms with Crippen LogP contribution in [0.5, 0.6) is 0 Å². The highest BCUT2D eigenvalue weighted by Gasteiger charge is 2.37. The maximum atomic E-state index is 12.5. The zero-order chi connectivity index (χ0) is 12.5. The monoisotopic (exact) mass is 274 g/mol. The van der Waals surface area contributed by atoms with E-state index in [1.165, 1.54) is 11.3 Å². The van der Waals surface area contributed by atoms with Crippen molar-refractivity contribution in [2.24, 2.45) is 5.73 Å². The SMILES string of the molecule is CC1CCCC(CN)N1S(=O)(=O)c1cccs1. The van der Waals surface area contributed by atoms with Gasteiger partial charge >= 0.3 is 0 Å². The number of hydrogen-bond acceptors (Lipinski definition) is 4. The summed E-state index contributed by atoms with van der Waals surface area (Å²) in [4.78, 5) is 0. The van der Waals surface area contributed by atoms with Gasteiger partial charge in [0.1, 0.15) is 4.21 Å². The van der Waals surface area contributed by atoms with Crippen LogP contribution in [0.2, 0.25) is 0 Å². The van der Waals surface area contributed by atoms with E-state index >= 15 is 0 Å². The van der Waals surface area contributed by atoms with Gasteiger partial charge in [-0.25, -0.2) is 8.42 Å². The molecule has 0 amide bonds. The van der Waals surface area contributed by atoms with Crippen molar-refractivity contribution in [3.63, 3.8) is 0 Å². The van der Waals surface area contributed by atoms with Crippen LogP contribution in [0.15, 0.2) is 21.7 Å². The minimum absolute atomic E-state index is 0.0457. The van der Waals surface area contributed by atoms with Crippen LogP contribution < -0.4 is 5.73 Å². The van der Waals surface area contributed by atoms with E-state index in [0.29, 0.717) is 10.8 Å². The van der Waals surface area contributed by atoms with Crippen molar-refractivity contribution in [1.29, 1.82) is 0 Å². The predicted octanol–water partition coefficient (Wildman–Crippen LogP) is 1.64. The fourth-order valence-corrected chi connectivity index (χ4v) is 5.41. The highest BCUT2D eigenvalue weighted by Crippen LogP contribution is 2.30. The molecule has 0 radical (unpaired) electrons. The first-order chi connectivity index (χ1) is 8.07. The number of sulfonamides is 1. The molecule has 0 aliphatic carbocycles. The summed E-state index contributed by atoms with van der Waals surface area (Å²) >= 11 is 1.27. The Morgan fingerprint density at radius 1 is 1.53 bits per heavy atom. The second-order valence-corrected chi connectivity index (χ2v) is 7.45. The Kier molecular flexibility index (Phi) is 3.87. The van der Waals surface area contributed by atoms with E-state index in [1.54, 1.807) is 21.8 Å². The quantitative estimate of drug-likeness (QED) is 0.911. The number of piperidine rings is 1.